The summed E-state index contributed by atoms with van der Waals surface area (Å²) in [6, 6.07) is 8.76. The Labute approximate surface area is 121 Å². The Bertz CT molecular complexity index is 586. The lowest BCUT2D eigenvalue weighted by Crippen LogP contribution is -2.31. The second-order valence-electron chi connectivity index (χ2n) is 5.37. The molecule has 108 valence electrons. The molecule has 0 saturated carbocycles. The van der Waals surface area contributed by atoms with E-state index in [1.54, 1.807) is 0 Å². The van der Waals surface area contributed by atoms with Crippen molar-refractivity contribution in [2.24, 2.45) is 5.84 Å². The average molecular weight is 272 g/mol. The molecule has 20 heavy (non-hydrogen) atoms. The van der Waals surface area contributed by atoms with E-state index < -0.39 is 0 Å². The van der Waals surface area contributed by atoms with Crippen molar-refractivity contribution in [2.45, 2.75) is 46.7 Å². The van der Waals surface area contributed by atoms with Crippen LogP contribution in [0.1, 0.15) is 41.0 Å². The standard InChI is InChI=1S/C16H24N4/c1-5-20-16(9-13(4)19-20)15(18-17)10-14-7-6-11(2)12(3)8-14/h6-9,15,18H,5,10,17H2,1-4H3. The van der Waals surface area contributed by atoms with E-state index in [1.165, 1.54) is 16.7 Å². The molecule has 0 aliphatic carbocycles. The van der Waals surface area contributed by atoms with E-state index in [0.717, 1.165) is 24.4 Å². The molecule has 0 spiro atoms. The second-order valence-corrected chi connectivity index (χ2v) is 5.37. The maximum atomic E-state index is 5.76. The number of hydrazine groups is 1. The van der Waals surface area contributed by atoms with Crippen LogP contribution in [0.5, 0.6) is 0 Å². The van der Waals surface area contributed by atoms with Crippen LogP contribution in [0.4, 0.5) is 0 Å². The van der Waals surface area contributed by atoms with Gasteiger partial charge in [0.15, 0.2) is 0 Å². The van der Waals surface area contributed by atoms with Crippen LogP contribution in [0.15, 0.2) is 24.3 Å². The molecule has 4 nitrogen and oxygen atoms in total. The van der Waals surface area contributed by atoms with Crippen LogP contribution in [0.25, 0.3) is 0 Å². The first-order valence-electron chi connectivity index (χ1n) is 7.11. The molecule has 2 aromatic rings. The lowest BCUT2D eigenvalue weighted by atomic mass is 9.99. The normalized spacial score (nSPS) is 12.7. The third kappa shape index (κ3) is 3.08. The summed E-state index contributed by atoms with van der Waals surface area (Å²) >= 11 is 0. The fraction of sp³-hybridized carbons (Fsp3) is 0.438. The second kappa shape index (κ2) is 6.20. The van der Waals surface area contributed by atoms with Crippen LogP contribution in [-0.4, -0.2) is 9.78 Å². The van der Waals surface area contributed by atoms with Crippen molar-refractivity contribution in [1.29, 1.82) is 0 Å². The van der Waals surface area contributed by atoms with Crippen LogP contribution in [0.2, 0.25) is 0 Å². The third-order valence-corrected chi connectivity index (χ3v) is 3.80. The largest absolute Gasteiger partial charge is 0.271 e. The van der Waals surface area contributed by atoms with Gasteiger partial charge in [0.1, 0.15) is 0 Å². The number of hydrogen-bond donors (Lipinski definition) is 2. The highest BCUT2D eigenvalue weighted by Gasteiger charge is 2.16. The van der Waals surface area contributed by atoms with Gasteiger partial charge in [0.05, 0.1) is 17.4 Å². The minimum absolute atomic E-state index is 0.0817. The molecule has 2 rings (SSSR count). The number of rotatable bonds is 5. The highest BCUT2D eigenvalue weighted by atomic mass is 15.3. The van der Waals surface area contributed by atoms with Crippen molar-refractivity contribution in [3.05, 3.63) is 52.3 Å². The molecule has 1 aromatic carbocycles. The third-order valence-electron chi connectivity index (χ3n) is 3.80. The average Bonchev–Trinajstić information content (AvgIpc) is 2.81. The predicted octanol–water partition coefficient (Wildman–Crippen LogP) is 2.58. The number of aryl methyl sites for hydroxylation is 4. The van der Waals surface area contributed by atoms with Gasteiger partial charge in [0.2, 0.25) is 0 Å². The molecule has 1 heterocycles. The summed E-state index contributed by atoms with van der Waals surface area (Å²) in [4.78, 5) is 0. The summed E-state index contributed by atoms with van der Waals surface area (Å²) in [6.07, 6.45) is 0.864. The van der Waals surface area contributed by atoms with E-state index in [9.17, 15) is 0 Å². The van der Waals surface area contributed by atoms with Crippen molar-refractivity contribution in [1.82, 2.24) is 15.2 Å². The maximum Gasteiger partial charge on any atom is 0.0669 e. The summed E-state index contributed by atoms with van der Waals surface area (Å²) in [5, 5.41) is 4.49. The number of nitrogens with zero attached hydrogens (tertiary/aromatic N) is 2. The predicted molar refractivity (Wildman–Crippen MR) is 82.3 cm³/mol. The van der Waals surface area contributed by atoms with Crippen LogP contribution in [0.3, 0.4) is 0 Å². The molecule has 0 amide bonds. The van der Waals surface area contributed by atoms with Gasteiger partial charge in [-0.3, -0.25) is 16.0 Å². The lowest BCUT2D eigenvalue weighted by molar-refractivity contribution is 0.490. The first kappa shape index (κ1) is 14.8. The van der Waals surface area contributed by atoms with E-state index in [1.807, 2.05) is 11.6 Å². The monoisotopic (exact) mass is 272 g/mol. The number of aromatic nitrogens is 2. The molecule has 0 bridgehead atoms. The Balaban J connectivity index is 2.26. The van der Waals surface area contributed by atoms with Crippen molar-refractivity contribution in [3.8, 4) is 0 Å². The number of nitrogens with one attached hydrogen (secondary N) is 1. The lowest BCUT2D eigenvalue weighted by Gasteiger charge is -2.18. The zero-order chi connectivity index (χ0) is 14.7. The number of hydrogen-bond acceptors (Lipinski definition) is 3. The molecule has 1 aromatic heterocycles. The summed E-state index contributed by atoms with van der Waals surface area (Å²) < 4.78 is 2.01. The maximum absolute atomic E-state index is 5.76. The Morgan fingerprint density at radius 3 is 2.55 bits per heavy atom. The fourth-order valence-electron chi connectivity index (χ4n) is 2.51. The van der Waals surface area contributed by atoms with Gasteiger partial charge in [-0.25, -0.2) is 0 Å². The van der Waals surface area contributed by atoms with Crippen molar-refractivity contribution < 1.29 is 0 Å². The molecule has 0 radical (unpaired) electrons. The van der Waals surface area contributed by atoms with Gasteiger partial charge in [-0.2, -0.15) is 5.10 Å². The number of nitrogens with two attached hydrogens (primary N) is 1. The molecule has 0 aliphatic rings. The highest BCUT2D eigenvalue weighted by molar-refractivity contribution is 5.31. The molecule has 3 N–H and O–H groups in total. The topological polar surface area (TPSA) is 55.9 Å². The molecular formula is C16H24N4. The Hall–Kier alpha value is -1.65. The zero-order valence-electron chi connectivity index (χ0n) is 12.8. The molecule has 4 heteroatoms. The van der Waals surface area contributed by atoms with Crippen LogP contribution < -0.4 is 11.3 Å². The van der Waals surface area contributed by atoms with Crippen molar-refractivity contribution >= 4 is 0 Å². The Morgan fingerprint density at radius 2 is 1.95 bits per heavy atom. The van der Waals surface area contributed by atoms with Crippen molar-refractivity contribution in [3.63, 3.8) is 0 Å². The van der Waals surface area contributed by atoms with E-state index in [0.29, 0.717) is 0 Å². The number of benzene rings is 1. The molecule has 1 unspecified atom stereocenters. The van der Waals surface area contributed by atoms with Gasteiger partial charge in [-0.15, -0.1) is 0 Å². The smallest absolute Gasteiger partial charge is 0.0669 e. The first-order valence-corrected chi connectivity index (χ1v) is 7.11. The van der Waals surface area contributed by atoms with Gasteiger partial charge in [-0.1, -0.05) is 18.2 Å². The summed E-state index contributed by atoms with van der Waals surface area (Å²) in [6.45, 7) is 9.24. The fourth-order valence-corrected chi connectivity index (χ4v) is 2.51. The summed E-state index contributed by atoms with van der Waals surface area (Å²) in [7, 11) is 0. The van der Waals surface area contributed by atoms with Gasteiger partial charge in [-0.05, 0) is 56.9 Å². The first-order chi connectivity index (χ1) is 9.55. The molecular weight excluding hydrogens is 248 g/mol. The van der Waals surface area contributed by atoms with E-state index >= 15 is 0 Å². The van der Waals surface area contributed by atoms with E-state index in [-0.39, 0.29) is 6.04 Å². The van der Waals surface area contributed by atoms with Gasteiger partial charge in [0, 0.05) is 6.54 Å². The van der Waals surface area contributed by atoms with Gasteiger partial charge < -0.3 is 0 Å². The molecule has 1 atom stereocenters. The highest BCUT2D eigenvalue weighted by Crippen LogP contribution is 2.20. The Kier molecular flexibility index (Phi) is 4.57. The van der Waals surface area contributed by atoms with Crippen LogP contribution in [0, 0.1) is 20.8 Å². The summed E-state index contributed by atoms with van der Waals surface area (Å²) in [5.74, 6) is 5.76. The van der Waals surface area contributed by atoms with E-state index in [2.05, 4.69) is 55.6 Å². The Morgan fingerprint density at radius 1 is 1.20 bits per heavy atom. The summed E-state index contributed by atoms with van der Waals surface area (Å²) in [5.41, 5.74) is 9.03. The zero-order valence-corrected chi connectivity index (χ0v) is 12.8. The molecule has 0 aliphatic heterocycles. The van der Waals surface area contributed by atoms with E-state index in [4.69, 9.17) is 5.84 Å². The van der Waals surface area contributed by atoms with Crippen LogP contribution in [-0.2, 0) is 13.0 Å². The molecule has 0 fully saturated rings. The minimum atomic E-state index is 0.0817. The minimum Gasteiger partial charge on any atom is -0.271 e. The SMILES string of the molecule is CCn1nc(C)cc1C(Cc1ccc(C)c(C)c1)NN. The van der Waals surface area contributed by atoms with Gasteiger partial charge in [0.25, 0.3) is 0 Å². The quantitative estimate of drug-likeness (QED) is 0.650. The molecule has 0 saturated heterocycles. The van der Waals surface area contributed by atoms with Crippen molar-refractivity contribution in [2.75, 3.05) is 0 Å². The van der Waals surface area contributed by atoms with Gasteiger partial charge >= 0.3 is 0 Å². The van der Waals surface area contributed by atoms with Crippen LogP contribution >= 0.6 is 0 Å².